The number of nitrogens with zero attached hydrogens (tertiary/aromatic N) is 1. The fourth-order valence-corrected chi connectivity index (χ4v) is 4.47. The molecule has 3 aliphatic rings. The first-order chi connectivity index (χ1) is 9.69. The van der Waals surface area contributed by atoms with Gasteiger partial charge >= 0.3 is 0 Å². The number of hydrogen-bond acceptors (Lipinski definition) is 2. The Balaban J connectivity index is 1.58. The van der Waals surface area contributed by atoms with Crippen LogP contribution in [0.1, 0.15) is 71.6 Å². The molecule has 0 amide bonds. The molecule has 3 fully saturated rings. The molecule has 0 aromatic heterocycles. The van der Waals surface area contributed by atoms with Crippen LogP contribution < -0.4 is 5.32 Å². The van der Waals surface area contributed by atoms with Gasteiger partial charge in [-0.1, -0.05) is 33.1 Å². The topological polar surface area (TPSA) is 15.3 Å². The van der Waals surface area contributed by atoms with Gasteiger partial charge in [0.05, 0.1) is 0 Å². The Hall–Kier alpha value is -0.0800. The van der Waals surface area contributed by atoms with Crippen molar-refractivity contribution >= 4 is 0 Å². The van der Waals surface area contributed by atoms with E-state index in [0.717, 1.165) is 17.9 Å². The molecule has 0 aromatic rings. The minimum atomic E-state index is 0.488. The van der Waals surface area contributed by atoms with Crippen LogP contribution in [-0.2, 0) is 0 Å². The zero-order valence-corrected chi connectivity index (χ0v) is 13.7. The molecule has 2 saturated carbocycles. The minimum Gasteiger partial charge on any atom is -0.308 e. The molecule has 0 aromatic carbocycles. The van der Waals surface area contributed by atoms with Crippen LogP contribution in [-0.4, -0.2) is 36.1 Å². The van der Waals surface area contributed by atoms with Crippen LogP contribution in [0.15, 0.2) is 0 Å². The van der Waals surface area contributed by atoms with Gasteiger partial charge in [0.15, 0.2) is 0 Å². The Morgan fingerprint density at radius 2 is 1.90 bits per heavy atom. The van der Waals surface area contributed by atoms with Crippen molar-refractivity contribution in [2.45, 2.75) is 83.2 Å². The van der Waals surface area contributed by atoms with Crippen LogP contribution in [0.4, 0.5) is 0 Å². The molecule has 2 aliphatic carbocycles. The summed E-state index contributed by atoms with van der Waals surface area (Å²) in [4.78, 5) is 2.89. The van der Waals surface area contributed by atoms with Gasteiger partial charge in [0.2, 0.25) is 0 Å². The molecule has 3 rings (SSSR count). The SMILES string of the molecule is CC(C)CCCN1CC2(CCCCC2)NCC1C1CC1. The van der Waals surface area contributed by atoms with Gasteiger partial charge in [-0.15, -0.1) is 0 Å². The normalized spacial score (nSPS) is 31.1. The standard InChI is InChI=1S/C18H34N2/c1-15(2)7-6-12-20-14-18(10-4-3-5-11-18)19-13-17(20)16-8-9-16/h15-17,19H,3-14H2,1-2H3. The average molecular weight is 278 g/mol. The summed E-state index contributed by atoms with van der Waals surface area (Å²) in [5.74, 6) is 1.88. The van der Waals surface area contributed by atoms with E-state index in [2.05, 4.69) is 24.1 Å². The molecule has 2 nitrogen and oxygen atoms in total. The van der Waals surface area contributed by atoms with Gasteiger partial charge in [-0.05, 0) is 56.9 Å². The highest BCUT2D eigenvalue weighted by molar-refractivity contribution is 5.03. The molecule has 0 bridgehead atoms. The van der Waals surface area contributed by atoms with Crippen molar-refractivity contribution in [2.75, 3.05) is 19.6 Å². The van der Waals surface area contributed by atoms with E-state index in [0.29, 0.717) is 5.54 Å². The second kappa shape index (κ2) is 6.36. The fraction of sp³-hybridized carbons (Fsp3) is 1.00. The van der Waals surface area contributed by atoms with Gasteiger partial charge in [-0.3, -0.25) is 4.90 Å². The molecule has 1 aliphatic heterocycles. The summed E-state index contributed by atoms with van der Waals surface area (Å²) in [7, 11) is 0. The lowest BCUT2D eigenvalue weighted by Crippen LogP contribution is -2.65. The molecule has 2 heteroatoms. The molecular formula is C18H34N2. The summed E-state index contributed by atoms with van der Waals surface area (Å²) < 4.78 is 0. The highest BCUT2D eigenvalue weighted by atomic mass is 15.3. The van der Waals surface area contributed by atoms with Gasteiger partial charge in [0.1, 0.15) is 0 Å². The molecule has 1 atom stereocenters. The lowest BCUT2D eigenvalue weighted by molar-refractivity contribution is 0.0448. The van der Waals surface area contributed by atoms with Crippen molar-refractivity contribution < 1.29 is 0 Å². The Morgan fingerprint density at radius 3 is 2.55 bits per heavy atom. The second-order valence-corrected chi connectivity index (χ2v) is 8.13. The first-order valence-corrected chi connectivity index (χ1v) is 9.18. The van der Waals surface area contributed by atoms with E-state index in [1.165, 1.54) is 77.4 Å². The monoisotopic (exact) mass is 278 g/mol. The highest BCUT2D eigenvalue weighted by Gasteiger charge is 2.44. The second-order valence-electron chi connectivity index (χ2n) is 8.13. The summed E-state index contributed by atoms with van der Waals surface area (Å²) in [6, 6.07) is 0.856. The zero-order chi connectivity index (χ0) is 14.0. The van der Waals surface area contributed by atoms with Gasteiger partial charge < -0.3 is 5.32 Å². The van der Waals surface area contributed by atoms with Gasteiger partial charge in [-0.25, -0.2) is 0 Å². The van der Waals surface area contributed by atoms with Crippen LogP contribution in [0.25, 0.3) is 0 Å². The average Bonchev–Trinajstić information content (AvgIpc) is 3.24. The van der Waals surface area contributed by atoms with E-state index in [9.17, 15) is 0 Å². The van der Waals surface area contributed by atoms with E-state index in [1.807, 2.05) is 0 Å². The van der Waals surface area contributed by atoms with Crippen molar-refractivity contribution in [2.24, 2.45) is 11.8 Å². The zero-order valence-electron chi connectivity index (χ0n) is 13.7. The predicted molar refractivity (Wildman–Crippen MR) is 86.0 cm³/mol. The number of rotatable bonds is 5. The van der Waals surface area contributed by atoms with E-state index >= 15 is 0 Å². The molecule has 1 N–H and O–H groups in total. The molecule has 0 radical (unpaired) electrons. The number of nitrogens with one attached hydrogen (secondary N) is 1. The minimum absolute atomic E-state index is 0.488. The van der Waals surface area contributed by atoms with E-state index in [1.54, 1.807) is 0 Å². The summed E-state index contributed by atoms with van der Waals surface area (Å²) in [6.45, 7) is 8.68. The largest absolute Gasteiger partial charge is 0.308 e. The first-order valence-electron chi connectivity index (χ1n) is 9.18. The maximum atomic E-state index is 3.99. The summed E-state index contributed by atoms with van der Waals surface area (Å²) in [6.07, 6.45) is 13.0. The lowest BCUT2D eigenvalue weighted by Gasteiger charge is -2.50. The van der Waals surface area contributed by atoms with Crippen molar-refractivity contribution in [3.8, 4) is 0 Å². The lowest BCUT2D eigenvalue weighted by atomic mass is 9.79. The van der Waals surface area contributed by atoms with Crippen LogP contribution in [0.2, 0.25) is 0 Å². The Labute approximate surface area is 125 Å². The molecule has 20 heavy (non-hydrogen) atoms. The van der Waals surface area contributed by atoms with Gasteiger partial charge in [0, 0.05) is 24.7 Å². The van der Waals surface area contributed by atoms with E-state index in [-0.39, 0.29) is 0 Å². The smallest absolute Gasteiger partial charge is 0.0309 e. The maximum Gasteiger partial charge on any atom is 0.0309 e. The van der Waals surface area contributed by atoms with Crippen LogP contribution in [0.3, 0.4) is 0 Å². The summed E-state index contributed by atoms with van der Waals surface area (Å²) in [5, 5.41) is 3.99. The third kappa shape index (κ3) is 3.57. The van der Waals surface area contributed by atoms with Crippen LogP contribution >= 0.6 is 0 Å². The van der Waals surface area contributed by atoms with Crippen LogP contribution in [0.5, 0.6) is 0 Å². The highest BCUT2D eigenvalue weighted by Crippen LogP contribution is 2.40. The quantitative estimate of drug-likeness (QED) is 0.822. The van der Waals surface area contributed by atoms with Gasteiger partial charge in [0.25, 0.3) is 0 Å². The van der Waals surface area contributed by atoms with Crippen molar-refractivity contribution in [3.63, 3.8) is 0 Å². The van der Waals surface area contributed by atoms with Crippen molar-refractivity contribution in [3.05, 3.63) is 0 Å². The molecule has 1 heterocycles. The molecule has 1 saturated heterocycles. The molecular weight excluding hydrogens is 244 g/mol. The predicted octanol–water partition coefficient (Wildman–Crippen LogP) is 3.81. The summed E-state index contributed by atoms with van der Waals surface area (Å²) in [5.41, 5.74) is 0.488. The summed E-state index contributed by atoms with van der Waals surface area (Å²) >= 11 is 0. The van der Waals surface area contributed by atoms with Gasteiger partial charge in [-0.2, -0.15) is 0 Å². The Kier molecular flexibility index (Phi) is 4.72. The third-order valence-electron chi connectivity index (χ3n) is 5.86. The Morgan fingerprint density at radius 1 is 1.15 bits per heavy atom. The number of hydrogen-bond donors (Lipinski definition) is 1. The molecule has 1 unspecified atom stereocenters. The van der Waals surface area contributed by atoms with E-state index < -0.39 is 0 Å². The molecule has 1 spiro atoms. The van der Waals surface area contributed by atoms with Crippen LogP contribution in [0, 0.1) is 11.8 Å². The van der Waals surface area contributed by atoms with Crippen molar-refractivity contribution in [1.29, 1.82) is 0 Å². The molecule has 116 valence electrons. The first kappa shape index (κ1) is 14.8. The maximum absolute atomic E-state index is 3.99. The fourth-order valence-electron chi connectivity index (χ4n) is 4.47. The number of piperazine rings is 1. The van der Waals surface area contributed by atoms with Crippen molar-refractivity contribution in [1.82, 2.24) is 10.2 Å². The van der Waals surface area contributed by atoms with E-state index in [4.69, 9.17) is 0 Å². The third-order valence-corrected chi connectivity index (χ3v) is 5.86. The Bertz CT molecular complexity index is 303.